The number of Topliss-reactive ketones (excluding diaryl/α,β-unsaturated/α-hetero) is 1. The van der Waals surface area contributed by atoms with Gasteiger partial charge < -0.3 is 10.0 Å². The number of carbonyl (C=O) groups excluding carboxylic acids is 2. The fourth-order valence-electron chi connectivity index (χ4n) is 4.27. The lowest BCUT2D eigenvalue weighted by atomic mass is 9.84. The third-order valence-corrected chi connectivity index (χ3v) is 5.60. The van der Waals surface area contributed by atoms with Crippen molar-refractivity contribution in [1.82, 2.24) is 4.90 Å². The molecular formula is C20H25NO4. The van der Waals surface area contributed by atoms with Gasteiger partial charge in [-0.3, -0.25) is 9.59 Å². The Hall–Kier alpha value is -2.17. The quantitative estimate of drug-likeness (QED) is 0.833. The van der Waals surface area contributed by atoms with Crippen molar-refractivity contribution in [3.05, 3.63) is 35.4 Å². The smallest absolute Gasteiger partial charge is 0.326 e. The van der Waals surface area contributed by atoms with Crippen molar-refractivity contribution in [2.75, 3.05) is 0 Å². The van der Waals surface area contributed by atoms with Gasteiger partial charge in [-0.15, -0.1) is 0 Å². The molecular weight excluding hydrogens is 318 g/mol. The number of carbonyl (C=O) groups is 3. The third kappa shape index (κ3) is 3.75. The van der Waals surface area contributed by atoms with E-state index in [0.717, 1.165) is 31.2 Å². The minimum Gasteiger partial charge on any atom is -0.480 e. The molecule has 1 N–H and O–H groups in total. The van der Waals surface area contributed by atoms with E-state index >= 15 is 0 Å². The van der Waals surface area contributed by atoms with Gasteiger partial charge in [-0.05, 0) is 32.1 Å². The minimum atomic E-state index is -0.924. The molecule has 1 heterocycles. The summed E-state index contributed by atoms with van der Waals surface area (Å²) in [6.45, 7) is 1.96. The fourth-order valence-corrected chi connectivity index (χ4v) is 4.27. The van der Waals surface area contributed by atoms with Crippen molar-refractivity contribution in [3.8, 4) is 0 Å². The zero-order valence-electron chi connectivity index (χ0n) is 14.6. The van der Waals surface area contributed by atoms with Crippen molar-refractivity contribution in [2.45, 2.75) is 64.0 Å². The summed E-state index contributed by atoms with van der Waals surface area (Å²) >= 11 is 0. The summed E-state index contributed by atoms with van der Waals surface area (Å²) in [6, 6.07) is 6.61. The van der Waals surface area contributed by atoms with Crippen molar-refractivity contribution in [3.63, 3.8) is 0 Å². The SMILES string of the molecule is Cc1ccc(C(=O)CCC(=O)N2C(C(=O)O)CC3CCCCC32)cc1. The maximum Gasteiger partial charge on any atom is 0.326 e. The average Bonchev–Trinajstić information content (AvgIpc) is 3.00. The van der Waals surface area contributed by atoms with Gasteiger partial charge in [0.15, 0.2) is 5.78 Å². The predicted molar refractivity (Wildman–Crippen MR) is 93.4 cm³/mol. The number of hydrogen-bond acceptors (Lipinski definition) is 3. The molecule has 1 aliphatic heterocycles. The number of nitrogens with zero attached hydrogens (tertiary/aromatic N) is 1. The Kier molecular flexibility index (Phi) is 5.21. The minimum absolute atomic E-state index is 0.0387. The molecule has 0 radical (unpaired) electrons. The number of rotatable bonds is 5. The van der Waals surface area contributed by atoms with Gasteiger partial charge in [-0.25, -0.2) is 4.79 Å². The van der Waals surface area contributed by atoms with Crippen LogP contribution < -0.4 is 0 Å². The maximum absolute atomic E-state index is 12.7. The van der Waals surface area contributed by atoms with Crippen molar-refractivity contribution < 1.29 is 19.5 Å². The third-order valence-electron chi connectivity index (χ3n) is 5.60. The second kappa shape index (κ2) is 7.38. The summed E-state index contributed by atoms with van der Waals surface area (Å²) < 4.78 is 0. The van der Waals surface area contributed by atoms with Crippen LogP contribution in [0.2, 0.25) is 0 Å². The van der Waals surface area contributed by atoms with Crippen LogP contribution in [0.4, 0.5) is 0 Å². The van der Waals surface area contributed by atoms with Crippen LogP contribution in [0.25, 0.3) is 0 Å². The number of benzene rings is 1. The number of amides is 1. The van der Waals surface area contributed by atoms with Crippen LogP contribution in [0.1, 0.15) is 60.9 Å². The van der Waals surface area contributed by atoms with Crippen LogP contribution in [0.5, 0.6) is 0 Å². The molecule has 3 atom stereocenters. The highest BCUT2D eigenvalue weighted by atomic mass is 16.4. The van der Waals surface area contributed by atoms with Crippen molar-refractivity contribution >= 4 is 17.7 Å². The Labute approximate surface area is 148 Å². The Morgan fingerprint density at radius 1 is 1.08 bits per heavy atom. The lowest BCUT2D eigenvalue weighted by Gasteiger charge is -2.33. The second-order valence-electron chi connectivity index (χ2n) is 7.29. The van der Waals surface area contributed by atoms with Gasteiger partial charge in [0.2, 0.25) is 5.91 Å². The molecule has 1 aromatic carbocycles. The molecule has 1 saturated heterocycles. The zero-order valence-corrected chi connectivity index (χ0v) is 14.6. The van der Waals surface area contributed by atoms with Crippen LogP contribution in [-0.4, -0.2) is 39.7 Å². The molecule has 3 rings (SSSR count). The van der Waals surface area contributed by atoms with Gasteiger partial charge in [0.05, 0.1) is 0 Å². The molecule has 3 unspecified atom stereocenters. The normalized spacial score (nSPS) is 25.5. The van der Waals surface area contributed by atoms with E-state index in [1.165, 1.54) is 0 Å². The summed E-state index contributed by atoms with van der Waals surface area (Å²) in [5, 5.41) is 9.50. The van der Waals surface area contributed by atoms with E-state index in [4.69, 9.17) is 0 Å². The number of carboxylic acids is 1. The van der Waals surface area contributed by atoms with E-state index < -0.39 is 12.0 Å². The number of fused-ring (bicyclic) bond motifs is 1. The molecule has 5 nitrogen and oxygen atoms in total. The standard InChI is InChI=1S/C20H25NO4/c1-13-6-8-14(9-7-13)18(22)10-11-19(23)21-16-5-3-2-4-15(16)12-17(21)20(24)25/h6-9,15-17H,2-5,10-12H2,1H3,(H,24,25). The van der Waals surface area contributed by atoms with Crippen LogP contribution >= 0.6 is 0 Å². The monoisotopic (exact) mass is 343 g/mol. The molecule has 0 bridgehead atoms. The Morgan fingerprint density at radius 2 is 1.76 bits per heavy atom. The number of hydrogen-bond donors (Lipinski definition) is 1. The largest absolute Gasteiger partial charge is 0.480 e. The van der Waals surface area contributed by atoms with Gasteiger partial charge in [0, 0.05) is 24.4 Å². The molecule has 1 aliphatic carbocycles. The summed E-state index contributed by atoms with van der Waals surface area (Å²) in [6.07, 6.45) is 4.80. The first-order valence-corrected chi connectivity index (χ1v) is 9.11. The van der Waals surface area contributed by atoms with Gasteiger partial charge in [0.1, 0.15) is 6.04 Å². The first-order chi connectivity index (χ1) is 12.0. The van der Waals surface area contributed by atoms with E-state index in [2.05, 4.69) is 0 Å². The van der Waals surface area contributed by atoms with Crippen molar-refractivity contribution in [1.29, 1.82) is 0 Å². The topological polar surface area (TPSA) is 74.7 Å². The summed E-state index contributed by atoms with van der Waals surface area (Å²) in [5.74, 6) is -0.888. The van der Waals surface area contributed by atoms with Crippen LogP contribution in [0, 0.1) is 12.8 Å². The van der Waals surface area contributed by atoms with Crippen LogP contribution in [0.15, 0.2) is 24.3 Å². The van der Waals surface area contributed by atoms with Crippen LogP contribution in [-0.2, 0) is 9.59 Å². The Bertz CT molecular complexity index is 667. The van der Waals surface area contributed by atoms with Gasteiger partial charge in [0.25, 0.3) is 0 Å². The summed E-state index contributed by atoms with van der Waals surface area (Å²) in [5.41, 5.74) is 1.68. The lowest BCUT2D eigenvalue weighted by Crippen LogP contribution is -2.46. The fraction of sp³-hybridized carbons (Fsp3) is 0.550. The molecule has 1 amide bonds. The maximum atomic E-state index is 12.7. The van der Waals surface area contributed by atoms with E-state index in [9.17, 15) is 19.5 Å². The predicted octanol–water partition coefficient (Wildman–Crippen LogP) is 3.20. The molecule has 0 spiro atoms. The Morgan fingerprint density at radius 3 is 2.44 bits per heavy atom. The number of aryl methyl sites for hydroxylation is 1. The van der Waals surface area contributed by atoms with Gasteiger partial charge in [-0.2, -0.15) is 0 Å². The highest BCUT2D eigenvalue weighted by molar-refractivity contribution is 5.98. The molecule has 1 saturated carbocycles. The molecule has 5 heteroatoms. The molecule has 0 aromatic heterocycles. The van der Waals surface area contributed by atoms with Crippen LogP contribution in [0.3, 0.4) is 0 Å². The first-order valence-electron chi connectivity index (χ1n) is 9.11. The van der Waals surface area contributed by atoms with E-state index in [1.54, 1.807) is 17.0 Å². The zero-order chi connectivity index (χ0) is 18.0. The summed E-state index contributed by atoms with van der Waals surface area (Å²) in [7, 11) is 0. The molecule has 1 aromatic rings. The van der Waals surface area contributed by atoms with E-state index in [0.29, 0.717) is 17.9 Å². The number of carboxylic acid groups (broad SMARTS) is 1. The second-order valence-corrected chi connectivity index (χ2v) is 7.29. The number of ketones is 1. The highest BCUT2D eigenvalue weighted by Gasteiger charge is 2.47. The Balaban J connectivity index is 1.65. The lowest BCUT2D eigenvalue weighted by molar-refractivity contribution is -0.149. The number of likely N-dealkylation sites (tertiary alicyclic amines) is 1. The molecule has 25 heavy (non-hydrogen) atoms. The first kappa shape index (κ1) is 17.6. The van der Waals surface area contributed by atoms with E-state index in [-0.39, 0.29) is 30.6 Å². The number of aliphatic carboxylic acids is 1. The van der Waals surface area contributed by atoms with E-state index in [1.807, 2.05) is 19.1 Å². The van der Waals surface area contributed by atoms with Gasteiger partial charge >= 0.3 is 5.97 Å². The van der Waals surface area contributed by atoms with Gasteiger partial charge in [-0.1, -0.05) is 42.7 Å². The summed E-state index contributed by atoms with van der Waals surface area (Å²) in [4.78, 5) is 38.2. The molecule has 134 valence electrons. The average molecular weight is 343 g/mol. The molecule has 2 aliphatic rings. The molecule has 2 fully saturated rings. The highest BCUT2D eigenvalue weighted by Crippen LogP contribution is 2.40. The van der Waals surface area contributed by atoms with Crippen molar-refractivity contribution in [2.24, 2.45) is 5.92 Å².